The molecule has 1 aromatic carbocycles. The molecule has 0 bridgehead atoms. The Bertz CT molecular complexity index is 894. The number of nitrogens with zero attached hydrogens (tertiary/aromatic N) is 2. The Morgan fingerprint density at radius 2 is 2.05 bits per heavy atom. The SMILES string of the molecule is CCOC(=O)c1cnc2c(-c3ccccc3)c(C)[nH]n2c1=O. The third kappa shape index (κ3) is 2.18. The summed E-state index contributed by atoms with van der Waals surface area (Å²) in [6.45, 7) is 3.76. The number of nitrogens with one attached hydrogen (secondary N) is 1. The van der Waals surface area contributed by atoms with Gasteiger partial charge in [-0.2, -0.15) is 0 Å². The Balaban J connectivity index is 2.23. The average Bonchev–Trinajstić information content (AvgIpc) is 2.86. The normalized spacial score (nSPS) is 10.8. The highest BCUT2D eigenvalue weighted by Crippen LogP contribution is 2.25. The van der Waals surface area contributed by atoms with Crippen molar-refractivity contribution in [1.29, 1.82) is 0 Å². The molecular weight excluding hydrogens is 282 g/mol. The molecule has 1 N–H and O–H groups in total. The number of ether oxygens (including phenoxy) is 1. The van der Waals surface area contributed by atoms with Crippen LogP contribution in [0.15, 0.2) is 41.3 Å². The first-order valence-corrected chi connectivity index (χ1v) is 6.96. The lowest BCUT2D eigenvalue weighted by Gasteiger charge is -2.02. The van der Waals surface area contributed by atoms with Gasteiger partial charge in [-0.05, 0) is 19.4 Å². The molecule has 2 aromatic heterocycles. The summed E-state index contributed by atoms with van der Waals surface area (Å²) in [5.41, 5.74) is 2.54. The molecule has 0 unspecified atom stereocenters. The van der Waals surface area contributed by atoms with E-state index in [2.05, 4.69) is 10.1 Å². The molecule has 112 valence electrons. The summed E-state index contributed by atoms with van der Waals surface area (Å²) < 4.78 is 6.15. The third-order valence-electron chi connectivity index (χ3n) is 3.40. The van der Waals surface area contributed by atoms with Crippen LogP contribution in [-0.2, 0) is 4.74 Å². The molecule has 0 atom stereocenters. The minimum atomic E-state index is -0.664. The average molecular weight is 297 g/mol. The lowest BCUT2D eigenvalue weighted by atomic mass is 10.1. The molecule has 3 aromatic rings. The van der Waals surface area contributed by atoms with Crippen molar-refractivity contribution in [3.05, 3.63) is 58.1 Å². The molecule has 3 rings (SSSR count). The van der Waals surface area contributed by atoms with Gasteiger partial charge in [0.2, 0.25) is 0 Å². The van der Waals surface area contributed by atoms with Gasteiger partial charge < -0.3 is 4.74 Å². The second-order valence-corrected chi connectivity index (χ2v) is 4.83. The second kappa shape index (κ2) is 5.48. The van der Waals surface area contributed by atoms with Crippen molar-refractivity contribution in [3.63, 3.8) is 0 Å². The number of carbonyl (C=O) groups excluding carboxylic acids is 1. The van der Waals surface area contributed by atoms with Crippen LogP contribution in [0.25, 0.3) is 16.8 Å². The smallest absolute Gasteiger partial charge is 0.345 e. The van der Waals surface area contributed by atoms with E-state index in [4.69, 9.17) is 4.74 Å². The fourth-order valence-electron chi connectivity index (χ4n) is 2.43. The molecule has 0 fully saturated rings. The Labute approximate surface area is 126 Å². The van der Waals surface area contributed by atoms with Gasteiger partial charge in [0.15, 0.2) is 5.65 Å². The number of esters is 1. The van der Waals surface area contributed by atoms with Crippen molar-refractivity contribution in [2.45, 2.75) is 13.8 Å². The molecule has 0 saturated carbocycles. The molecule has 0 aliphatic heterocycles. The summed E-state index contributed by atoms with van der Waals surface area (Å²) in [6, 6.07) is 9.65. The van der Waals surface area contributed by atoms with Crippen molar-refractivity contribution >= 4 is 11.6 Å². The van der Waals surface area contributed by atoms with Gasteiger partial charge in [-0.1, -0.05) is 30.3 Å². The molecular formula is C16H15N3O3. The fourth-order valence-corrected chi connectivity index (χ4v) is 2.43. The van der Waals surface area contributed by atoms with E-state index >= 15 is 0 Å². The van der Waals surface area contributed by atoms with E-state index in [0.29, 0.717) is 5.65 Å². The van der Waals surface area contributed by atoms with Gasteiger partial charge in [-0.25, -0.2) is 14.3 Å². The van der Waals surface area contributed by atoms with E-state index in [1.54, 1.807) is 6.92 Å². The van der Waals surface area contributed by atoms with Crippen molar-refractivity contribution in [2.24, 2.45) is 0 Å². The maximum Gasteiger partial charge on any atom is 0.345 e. The van der Waals surface area contributed by atoms with Crippen LogP contribution in [0.2, 0.25) is 0 Å². The first kappa shape index (κ1) is 14.1. The number of aromatic nitrogens is 3. The molecule has 2 heterocycles. The zero-order valence-corrected chi connectivity index (χ0v) is 12.3. The van der Waals surface area contributed by atoms with Gasteiger partial charge >= 0.3 is 5.97 Å². The van der Waals surface area contributed by atoms with Gasteiger partial charge in [-0.15, -0.1) is 0 Å². The Kier molecular flexibility index (Phi) is 3.50. The standard InChI is InChI=1S/C16H15N3O3/c1-3-22-16(21)12-9-17-14-13(11-7-5-4-6-8-11)10(2)18-19(14)15(12)20/h4-9,18H,3H2,1-2H3. The molecule has 0 spiro atoms. The highest BCUT2D eigenvalue weighted by atomic mass is 16.5. The van der Waals surface area contributed by atoms with Gasteiger partial charge in [0, 0.05) is 17.5 Å². The Morgan fingerprint density at radius 1 is 1.32 bits per heavy atom. The zero-order valence-electron chi connectivity index (χ0n) is 12.3. The van der Waals surface area contributed by atoms with Crippen LogP contribution in [0.3, 0.4) is 0 Å². The number of fused-ring (bicyclic) bond motifs is 1. The van der Waals surface area contributed by atoms with E-state index in [1.165, 1.54) is 10.7 Å². The number of hydrogen-bond donors (Lipinski definition) is 1. The monoisotopic (exact) mass is 297 g/mol. The quantitative estimate of drug-likeness (QED) is 0.752. The summed E-state index contributed by atoms with van der Waals surface area (Å²) in [5, 5.41) is 2.97. The highest BCUT2D eigenvalue weighted by molar-refractivity contribution is 5.89. The summed E-state index contributed by atoms with van der Waals surface area (Å²) in [5.74, 6) is -0.664. The third-order valence-corrected chi connectivity index (χ3v) is 3.40. The summed E-state index contributed by atoms with van der Waals surface area (Å²) in [4.78, 5) is 28.5. The molecule has 6 heteroatoms. The van der Waals surface area contributed by atoms with E-state index in [9.17, 15) is 9.59 Å². The van der Waals surface area contributed by atoms with E-state index < -0.39 is 11.5 Å². The Hall–Kier alpha value is -2.89. The van der Waals surface area contributed by atoms with Gasteiger partial charge in [-0.3, -0.25) is 9.89 Å². The largest absolute Gasteiger partial charge is 0.462 e. The van der Waals surface area contributed by atoms with E-state index in [0.717, 1.165) is 16.8 Å². The van der Waals surface area contributed by atoms with Crippen LogP contribution >= 0.6 is 0 Å². The highest BCUT2D eigenvalue weighted by Gasteiger charge is 2.18. The number of aryl methyl sites for hydroxylation is 1. The topological polar surface area (TPSA) is 76.5 Å². The van der Waals surface area contributed by atoms with Crippen molar-refractivity contribution in [1.82, 2.24) is 14.6 Å². The fraction of sp³-hybridized carbons (Fsp3) is 0.188. The van der Waals surface area contributed by atoms with Crippen molar-refractivity contribution in [2.75, 3.05) is 6.61 Å². The number of carbonyl (C=O) groups is 1. The summed E-state index contributed by atoms with van der Waals surface area (Å²) in [6.07, 6.45) is 1.27. The summed E-state index contributed by atoms with van der Waals surface area (Å²) in [7, 11) is 0. The first-order valence-electron chi connectivity index (χ1n) is 6.96. The first-order chi connectivity index (χ1) is 10.6. The minimum absolute atomic E-state index is 0.0831. The lowest BCUT2D eigenvalue weighted by molar-refractivity contribution is 0.0523. The molecule has 0 saturated heterocycles. The van der Waals surface area contributed by atoms with Crippen LogP contribution in [0.4, 0.5) is 0 Å². The summed E-state index contributed by atoms with van der Waals surface area (Å²) >= 11 is 0. The van der Waals surface area contributed by atoms with Crippen LogP contribution < -0.4 is 5.56 Å². The number of hydrogen-bond acceptors (Lipinski definition) is 4. The predicted octanol–water partition coefficient (Wildman–Crippen LogP) is 2.17. The predicted molar refractivity (Wildman–Crippen MR) is 81.9 cm³/mol. The number of aromatic amines is 1. The lowest BCUT2D eigenvalue weighted by Crippen LogP contribution is -2.24. The molecule has 6 nitrogen and oxygen atoms in total. The minimum Gasteiger partial charge on any atom is -0.462 e. The number of benzene rings is 1. The van der Waals surface area contributed by atoms with Crippen LogP contribution in [0.5, 0.6) is 0 Å². The van der Waals surface area contributed by atoms with Crippen LogP contribution in [0, 0.1) is 6.92 Å². The van der Waals surface area contributed by atoms with Crippen molar-refractivity contribution < 1.29 is 9.53 Å². The second-order valence-electron chi connectivity index (χ2n) is 4.83. The van der Waals surface area contributed by atoms with Gasteiger partial charge in [0.1, 0.15) is 5.56 Å². The Morgan fingerprint density at radius 3 is 2.73 bits per heavy atom. The van der Waals surface area contributed by atoms with Gasteiger partial charge in [0.05, 0.1) is 6.61 Å². The number of H-pyrrole nitrogens is 1. The molecule has 0 radical (unpaired) electrons. The van der Waals surface area contributed by atoms with Crippen LogP contribution in [-0.4, -0.2) is 27.2 Å². The van der Waals surface area contributed by atoms with E-state index in [-0.39, 0.29) is 12.2 Å². The molecule has 0 aliphatic rings. The van der Waals surface area contributed by atoms with E-state index in [1.807, 2.05) is 37.3 Å². The molecule has 22 heavy (non-hydrogen) atoms. The molecule has 0 amide bonds. The molecule has 0 aliphatic carbocycles. The van der Waals surface area contributed by atoms with Crippen LogP contribution in [0.1, 0.15) is 23.0 Å². The van der Waals surface area contributed by atoms with Crippen molar-refractivity contribution in [3.8, 4) is 11.1 Å². The number of rotatable bonds is 3. The van der Waals surface area contributed by atoms with Gasteiger partial charge in [0.25, 0.3) is 5.56 Å². The maximum absolute atomic E-state index is 12.4. The maximum atomic E-state index is 12.4. The zero-order chi connectivity index (χ0) is 15.7.